The maximum atomic E-state index is 13.1. The molecule has 0 fully saturated rings. The summed E-state index contributed by atoms with van der Waals surface area (Å²) in [6, 6.07) is 7.13. The molecule has 4 N–H and O–H groups in total. The highest BCUT2D eigenvalue weighted by molar-refractivity contribution is 5.91. The summed E-state index contributed by atoms with van der Waals surface area (Å²) in [5.74, 6) is -2.57. The first-order chi connectivity index (χ1) is 14.5. The molecule has 0 aliphatic rings. The second kappa shape index (κ2) is 10.1. The lowest BCUT2D eigenvalue weighted by Gasteiger charge is -2.22. The second-order valence-corrected chi connectivity index (χ2v) is 6.95. The van der Waals surface area contributed by atoms with Gasteiger partial charge in [0.1, 0.15) is 17.9 Å². The van der Waals surface area contributed by atoms with Crippen molar-refractivity contribution < 1.29 is 31.9 Å². The molecule has 2 aromatic carbocycles. The molecular weight excluding hydrogens is 418 g/mol. The minimum absolute atomic E-state index is 0.0253. The Kier molecular flexibility index (Phi) is 7.73. The summed E-state index contributed by atoms with van der Waals surface area (Å²) in [6.07, 6.45) is -4.61. The fourth-order valence-corrected chi connectivity index (χ4v) is 2.87. The van der Waals surface area contributed by atoms with E-state index in [0.29, 0.717) is 11.1 Å². The molecule has 0 spiro atoms. The van der Waals surface area contributed by atoms with Crippen molar-refractivity contribution in [2.75, 3.05) is 0 Å². The van der Waals surface area contributed by atoms with Gasteiger partial charge in [-0.3, -0.25) is 14.4 Å². The molecule has 0 heterocycles. The van der Waals surface area contributed by atoms with Crippen LogP contribution in [0.4, 0.5) is 17.6 Å². The summed E-state index contributed by atoms with van der Waals surface area (Å²) in [5, 5.41) is 4.88. The first kappa shape index (κ1) is 23.8. The minimum atomic E-state index is -4.50. The topological polar surface area (TPSA) is 101 Å². The highest BCUT2D eigenvalue weighted by Crippen LogP contribution is 2.29. The average Bonchev–Trinajstić information content (AvgIpc) is 2.68. The molecule has 0 radical (unpaired) electrons. The number of rotatable bonds is 8. The molecule has 10 heteroatoms. The van der Waals surface area contributed by atoms with Gasteiger partial charge >= 0.3 is 6.18 Å². The van der Waals surface area contributed by atoms with Crippen molar-refractivity contribution in [1.82, 2.24) is 10.6 Å². The fourth-order valence-electron chi connectivity index (χ4n) is 2.87. The SMILES string of the molecule is CC(=O)N[C@H](Cc1ccc(F)cc1)C(=O)N[C@H](Cc1ccc(C(F)(F)F)cc1)C(N)=O. The van der Waals surface area contributed by atoms with Crippen molar-refractivity contribution in [3.8, 4) is 0 Å². The standard InChI is InChI=1S/C21H21F4N3O3/c1-12(29)27-18(11-14-4-8-16(22)9-5-14)20(31)28-17(19(26)30)10-13-2-6-15(7-3-13)21(23,24)25/h2-9,17-18H,10-11H2,1H3,(H2,26,30)(H,27,29)(H,28,31)/t17-,18-/m1/s1. The lowest BCUT2D eigenvalue weighted by Crippen LogP contribution is -2.54. The Balaban J connectivity index is 2.12. The van der Waals surface area contributed by atoms with E-state index in [2.05, 4.69) is 10.6 Å². The number of primary amides is 1. The van der Waals surface area contributed by atoms with Crippen molar-refractivity contribution in [3.05, 3.63) is 71.0 Å². The van der Waals surface area contributed by atoms with E-state index in [1.807, 2.05) is 0 Å². The molecule has 0 saturated heterocycles. The number of amides is 3. The van der Waals surface area contributed by atoms with E-state index in [0.717, 1.165) is 12.1 Å². The van der Waals surface area contributed by atoms with Crippen molar-refractivity contribution in [1.29, 1.82) is 0 Å². The third kappa shape index (κ3) is 7.40. The van der Waals surface area contributed by atoms with Gasteiger partial charge in [0.05, 0.1) is 5.56 Å². The predicted molar refractivity (Wildman–Crippen MR) is 104 cm³/mol. The van der Waals surface area contributed by atoms with Gasteiger partial charge in [-0.2, -0.15) is 13.2 Å². The second-order valence-electron chi connectivity index (χ2n) is 6.95. The molecule has 0 bridgehead atoms. The van der Waals surface area contributed by atoms with Gasteiger partial charge in [0.15, 0.2) is 0 Å². The molecule has 31 heavy (non-hydrogen) atoms. The Morgan fingerprint density at radius 1 is 0.871 bits per heavy atom. The number of halogens is 4. The number of nitrogens with two attached hydrogens (primary N) is 1. The molecular formula is C21H21F4N3O3. The summed E-state index contributed by atoms with van der Waals surface area (Å²) in [5.41, 5.74) is 5.41. The number of benzene rings is 2. The highest BCUT2D eigenvalue weighted by atomic mass is 19.4. The van der Waals surface area contributed by atoms with E-state index in [1.165, 1.54) is 43.3 Å². The lowest BCUT2D eigenvalue weighted by molar-refractivity contribution is -0.137. The van der Waals surface area contributed by atoms with Crippen LogP contribution in [0.1, 0.15) is 23.6 Å². The van der Waals surface area contributed by atoms with Gasteiger partial charge < -0.3 is 16.4 Å². The van der Waals surface area contributed by atoms with Gasteiger partial charge in [0.25, 0.3) is 0 Å². The van der Waals surface area contributed by atoms with Crippen LogP contribution >= 0.6 is 0 Å². The fraction of sp³-hybridized carbons (Fsp3) is 0.286. The van der Waals surface area contributed by atoms with Crippen LogP contribution in [0.5, 0.6) is 0 Å². The summed E-state index contributed by atoms with van der Waals surface area (Å²) in [7, 11) is 0. The zero-order valence-corrected chi connectivity index (χ0v) is 16.5. The zero-order chi connectivity index (χ0) is 23.2. The Morgan fingerprint density at radius 3 is 1.81 bits per heavy atom. The first-order valence-electron chi connectivity index (χ1n) is 9.23. The van der Waals surface area contributed by atoms with E-state index in [-0.39, 0.29) is 12.8 Å². The molecule has 0 aromatic heterocycles. The smallest absolute Gasteiger partial charge is 0.368 e. The lowest BCUT2D eigenvalue weighted by atomic mass is 10.0. The quantitative estimate of drug-likeness (QED) is 0.549. The molecule has 2 aromatic rings. The summed E-state index contributed by atoms with van der Waals surface area (Å²) in [4.78, 5) is 36.0. The summed E-state index contributed by atoms with van der Waals surface area (Å²) < 4.78 is 51.2. The van der Waals surface area contributed by atoms with Gasteiger partial charge in [0.2, 0.25) is 17.7 Å². The molecule has 0 aliphatic carbocycles. The molecule has 3 amide bonds. The highest BCUT2D eigenvalue weighted by Gasteiger charge is 2.30. The van der Waals surface area contributed by atoms with E-state index in [1.54, 1.807) is 0 Å². The van der Waals surface area contributed by atoms with E-state index in [9.17, 15) is 31.9 Å². The van der Waals surface area contributed by atoms with Gasteiger partial charge in [0, 0.05) is 19.8 Å². The molecule has 2 rings (SSSR count). The number of carbonyl (C=O) groups excluding carboxylic acids is 3. The van der Waals surface area contributed by atoms with Crippen molar-refractivity contribution in [2.45, 2.75) is 38.0 Å². The van der Waals surface area contributed by atoms with E-state index in [4.69, 9.17) is 5.73 Å². The molecule has 0 unspecified atom stereocenters. The van der Waals surface area contributed by atoms with Gasteiger partial charge in [-0.1, -0.05) is 24.3 Å². The van der Waals surface area contributed by atoms with Crippen LogP contribution in [-0.2, 0) is 33.4 Å². The Morgan fingerprint density at radius 2 is 1.35 bits per heavy atom. The van der Waals surface area contributed by atoms with Gasteiger partial charge in [-0.25, -0.2) is 4.39 Å². The van der Waals surface area contributed by atoms with Crippen LogP contribution in [0.15, 0.2) is 48.5 Å². The monoisotopic (exact) mass is 439 g/mol. The average molecular weight is 439 g/mol. The number of nitrogens with one attached hydrogen (secondary N) is 2. The van der Waals surface area contributed by atoms with Gasteiger partial charge in [-0.15, -0.1) is 0 Å². The summed E-state index contributed by atoms with van der Waals surface area (Å²) in [6.45, 7) is 1.21. The maximum Gasteiger partial charge on any atom is 0.416 e. The van der Waals surface area contributed by atoms with Crippen LogP contribution in [-0.4, -0.2) is 29.8 Å². The Hall–Kier alpha value is -3.43. The first-order valence-corrected chi connectivity index (χ1v) is 9.23. The summed E-state index contributed by atoms with van der Waals surface area (Å²) >= 11 is 0. The maximum absolute atomic E-state index is 13.1. The third-order valence-corrected chi connectivity index (χ3v) is 4.43. The van der Waals surface area contributed by atoms with E-state index >= 15 is 0 Å². The molecule has 2 atom stereocenters. The van der Waals surface area contributed by atoms with Crippen molar-refractivity contribution >= 4 is 17.7 Å². The number of alkyl halides is 3. The third-order valence-electron chi connectivity index (χ3n) is 4.43. The number of hydrogen-bond donors (Lipinski definition) is 3. The number of hydrogen-bond acceptors (Lipinski definition) is 3. The Labute approximate surface area is 175 Å². The predicted octanol–water partition coefficient (Wildman–Crippen LogP) is 2.10. The van der Waals surface area contributed by atoms with Gasteiger partial charge in [-0.05, 0) is 35.4 Å². The van der Waals surface area contributed by atoms with Crippen molar-refractivity contribution in [2.24, 2.45) is 5.73 Å². The Bertz CT molecular complexity index is 928. The normalized spacial score (nSPS) is 13.2. The van der Waals surface area contributed by atoms with Crippen molar-refractivity contribution in [3.63, 3.8) is 0 Å². The van der Waals surface area contributed by atoms with Crippen LogP contribution in [0.3, 0.4) is 0 Å². The van der Waals surface area contributed by atoms with Crippen LogP contribution in [0, 0.1) is 5.82 Å². The van der Waals surface area contributed by atoms with Crippen LogP contribution < -0.4 is 16.4 Å². The number of carbonyl (C=O) groups is 3. The van der Waals surface area contributed by atoms with Crippen LogP contribution in [0.25, 0.3) is 0 Å². The zero-order valence-electron chi connectivity index (χ0n) is 16.5. The van der Waals surface area contributed by atoms with Crippen LogP contribution in [0.2, 0.25) is 0 Å². The molecule has 166 valence electrons. The molecule has 0 aliphatic heterocycles. The minimum Gasteiger partial charge on any atom is -0.368 e. The molecule has 6 nitrogen and oxygen atoms in total. The van der Waals surface area contributed by atoms with E-state index < -0.39 is 47.4 Å². The largest absolute Gasteiger partial charge is 0.416 e. The molecule has 0 saturated carbocycles.